The van der Waals surface area contributed by atoms with E-state index >= 15 is 0 Å². The molecule has 0 atom stereocenters. The Balaban J connectivity index is 2.17. The molecule has 0 aliphatic carbocycles. The summed E-state index contributed by atoms with van der Waals surface area (Å²) in [6.45, 7) is 2.08. The molecule has 1 rings (SSSR count). The van der Waals surface area contributed by atoms with Crippen LogP contribution in [0.3, 0.4) is 0 Å². The molecule has 1 aromatic carbocycles. The fourth-order valence-electron chi connectivity index (χ4n) is 1.61. The summed E-state index contributed by atoms with van der Waals surface area (Å²) >= 11 is 0. The van der Waals surface area contributed by atoms with Crippen LogP contribution in [-0.2, 0) is 14.3 Å². The highest BCUT2D eigenvalue weighted by Crippen LogP contribution is 2.11. The molecule has 0 fully saturated rings. The van der Waals surface area contributed by atoms with Crippen molar-refractivity contribution < 1.29 is 19.1 Å². The maximum atomic E-state index is 11.4. The Labute approximate surface area is 130 Å². The second-order valence-electron chi connectivity index (χ2n) is 4.64. The summed E-state index contributed by atoms with van der Waals surface area (Å²) in [7, 11) is 0. The molecule has 0 spiro atoms. The number of carbonyl (C=O) groups excluding carboxylic acids is 2. The number of ether oxygens (including phenoxy) is 2. The quantitative estimate of drug-likeness (QED) is 0.555. The zero-order chi connectivity index (χ0) is 16.2. The van der Waals surface area contributed by atoms with Crippen LogP contribution in [0, 0.1) is 11.3 Å². The van der Waals surface area contributed by atoms with Crippen LogP contribution in [0.5, 0.6) is 5.75 Å². The molecule has 1 N–H and O–H groups in total. The number of nitrogens with one attached hydrogen (secondary N) is 1. The Kier molecular flexibility index (Phi) is 8.13. The summed E-state index contributed by atoms with van der Waals surface area (Å²) in [5.74, 6) is -0.476. The van der Waals surface area contributed by atoms with Crippen LogP contribution in [-0.4, -0.2) is 31.6 Å². The SMILES string of the molecule is CCCCCNC(=O)COC(=O)COc1ccc(C#N)cc1. The summed E-state index contributed by atoms with van der Waals surface area (Å²) in [4.78, 5) is 22.8. The van der Waals surface area contributed by atoms with E-state index in [9.17, 15) is 9.59 Å². The molecular weight excluding hydrogens is 284 g/mol. The van der Waals surface area contributed by atoms with Crippen molar-refractivity contribution in [3.63, 3.8) is 0 Å². The maximum absolute atomic E-state index is 11.4. The Morgan fingerprint density at radius 2 is 1.91 bits per heavy atom. The molecule has 1 amide bonds. The molecule has 6 nitrogen and oxygen atoms in total. The molecule has 6 heteroatoms. The normalized spacial score (nSPS) is 9.64. The fraction of sp³-hybridized carbons (Fsp3) is 0.438. The van der Waals surface area contributed by atoms with Crippen molar-refractivity contribution >= 4 is 11.9 Å². The summed E-state index contributed by atoms with van der Waals surface area (Å²) in [6.07, 6.45) is 3.05. The van der Waals surface area contributed by atoms with Crippen LogP contribution in [0.2, 0.25) is 0 Å². The second kappa shape index (κ2) is 10.2. The minimum absolute atomic E-state index is 0.283. The first-order valence-electron chi connectivity index (χ1n) is 7.21. The van der Waals surface area contributed by atoms with Crippen molar-refractivity contribution in [3.8, 4) is 11.8 Å². The van der Waals surface area contributed by atoms with Gasteiger partial charge in [-0.25, -0.2) is 4.79 Å². The van der Waals surface area contributed by atoms with Gasteiger partial charge in [-0.1, -0.05) is 19.8 Å². The molecule has 0 heterocycles. The van der Waals surface area contributed by atoms with Crippen LogP contribution in [0.1, 0.15) is 31.7 Å². The van der Waals surface area contributed by atoms with Crippen LogP contribution < -0.4 is 10.1 Å². The molecule has 0 aliphatic rings. The maximum Gasteiger partial charge on any atom is 0.344 e. The highest BCUT2D eigenvalue weighted by molar-refractivity contribution is 5.80. The van der Waals surface area contributed by atoms with Gasteiger partial charge < -0.3 is 14.8 Å². The van der Waals surface area contributed by atoms with Crippen LogP contribution in [0.4, 0.5) is 0 Å². The summed E-state index contributed by atoms with van der Waals surface area (Å²) in [5.41, 5.74) is 0.509. The van der Waals surface area contributed by atoms with E-state index < -0.39 is 5.97 Å². The third-order valence-electron chi connectivity index (χ3n) is 2.81. The van der Waals surface area contributed by atoms with Gasteiger partial charge in [0, 0.05) is 6.54 Å². The van der Waals surface area contributed by atoms with E-state index in [1.807, 2.05) is 6.07 Å². The van der Waals surface area contributed by atoms with Gasteiger partial charge in [-0.3, -0.25) is 4.79 Å². The first kappa shape index (κ1) is 17.5. The van der Waals surface area contributed by atoms with E-state index in [1.54, 1.807) is 24.3 Å². The van der Waals surface area contributed by atoms with E-state index in [0.717, 1.165) is 19.3 Å². The number of hydrogen-bond acceptors (Lipinski definition) is 5. The van der Waals surface area contributed by atoms with E-state index in [-0.39, 0.29) is 19.1 Å². The van der Waals surface area contributed by atoms with Gasteiger partial charge in [-0.2, -0.15) is 5.26 Å². The molecule has 118 valence electrons. The van der Waals surface area contributed by atoms with E-state index in [4.69, 9.17) is 14.7 Å². The molecule has 0 aromatic heterocycles. The Bertz CT molecular complexity index is 520. The van der Waals surface area contributed by atoms with Crippen molar-refractivity contribution in [2.75, 3.05) is 19.8 Å². The molecule has 0 saturated heterocycles. The zero-order valence-corrected chi connectivity index (χ0v) is 12.6. The van der Waals surface area contributed by atoms with Gasteiger partial charge >= 0.3 is 5.97 Å². The summed E-state index contributed by atoms with van der Waals surface area (Å²) in [6, 6.07) is 8.34. The average Bonchev–Trinajstić information content (AvgIpc) is 2.55. The molecule has 1 aromatic rings. The minimum atomic E-state index is -0.618. The summed E-state index contributed by atoms with van der Waals surface area (Å²) < 4.78 is 10.00. The van der Waals surface area contributed by atoms with Crippen molar-refractivity contribution in [1.82, 2.24) is 5.32 Å². The number of esters is 1. The van der Waals surface area contributed by atoms with Gasteiger partial charge in [-0.15, -0.1) is 0 Å². The lowest BCUT2D eigenvalue weighted by molar-refractivity contribution is -0.150. The molecule has 0 unspecified atom stereocenters. The van der Waals surface area contributed by atoms with Gasteiger partial charge in [-0.05, 0) is 30.7 Å². The Morgan fingerprint density at radius 3 is 2.55 bits per heavy atom. The monoisotopic (exact) mass is 304 g/mol. The van der Waals surface area contributed by atoms with Gasteiger partial charge in [0.05, 0.1) is 11.6 Å². The fourth-order valence-corrected chi connectivity index (χ4v) is 1.61. The average molecular weight is 304 g/mol. The third kappa shape index (κ3) is 7.29. The second-order valence-corrected chi connectivity index (χ2v) is 4.64. The number of rotatable bonds is 9. The number of nitrogens with zero attached hydrogens (tertiary/aromatic N) is 1. The van der Waals surface area contributed by atoms with Gasteiger partial charge in [0.2, 0.25) is 0 Å². The Morgan fingerprint density at radius 1 is 1.18 bits per heavy atom. The Hall–Kier alpha value is -2.55. The molecule has 0 bridgehead atoms. The number of amides is 1. The molecular formula is C16H20N2O4. The van der Waals surface area contributed by atoms with E-state index in [2.05, 4.69) is 12.2 Å². The topological polar surface area (TPSA) is 88.4 Å². The number of benzene rings is 1. The standard InChI is InChI=1S/C16H20N2O4/c1-2-3-4-9-18-15(19)11-22-16(20)12-21-14-7-5-13(10-17)6-8-14/h5-8H,2-4,9,11-12H2,1H3,(H,18,19). The molecule has 22 heavy (non-hydrogen) atoms. The third-order valence-corrected chi connectivity index (χ3v) is 2.81. The smallest absolute Gasteiger partial charge is 0.344 e. The predicted octanol–water partition coefficient (Wildman–Crippen LogP) is 1.79. The number of carbonyl (C=O) groups is 2. The van der Waals surface area contributed by atoms with E-state index in [0.29, 0.717) is 17.9 Å². The molecule has 0 radical (unpaired) electrons. The zero-order valence-electron chi connectivity index (χ0n) is 12.6. The number of unbranched alkanes of at least 4 members (excludes halogenated alkanes) is 2. The number of nitriles is 1. The lowest BCUT2D eigenvalue weighted by Gasteiger charge is -2.07. The van der Waals surface area contributed by atoms with Crippen molar-refractivity contribution in [3.05, 3.63) is 29.8 Å². The lowest BCUT2D eigenvalue weighted by Crippen LogP contribution is -2.30. The largest absolute Gasteiger partial charge is 0.482 e. The van der Waals surface area contributed by atoms with Gasteiger partial charge in [0.15, 0.2) is 13.2 Å². The van der Waals surface area contributed by atoms with Crippen LogP contribution in [0.15, 0.2) is 24.3 Å². The first-order valence-corrected chi connectivity index (χ1v) is 7.21. The van der Waals surface area contributed by atoms with E-state index in [1.165, 1.54) is 0 Å². The molecule has 0 saturated carbocycles. The van der Waals surface area contributed by atoms with Crippen LogP contribution >= 0.6 is 0 Å². The van der Waals surface area contributed by atoms with Gasteiger partial charge in [0.1, 0.15) is 5.75 Å². The van der Waals surface area contributed by atoms with Crippen molar-refractivity contribution in [2.24, 2.45) is 0 Å². The highest BCUT2D eigenvalue weighted by atomic mass is 16.6. The van der Waals surface area contributed by atoms with Gasteiger partial charge in [0.25, 0.3) is 5.91 Å². The number of hydrogen-bond donors (Lipinski definition) is 1. The highest BCUT2D eigenvalue weighted by Gasteiger charge is 2.08. The lowest BCUT2D eigenvalue weighted by atomic mass is 10.2. The first-order chi connectivity index (χ1) is 10.7. The molecule has 0 aliphatic heterocycles. The minimum Gasteiger partial charge on any atom is -0.482 e. The van der Waals surface area contributed by atoms with Crippen molar-refractivity contribution in [1.29, 1.82) is 5.26 Å². The predicted molar refractivity (Wildman–Crippen MR) is 80.1 cm³/mol. The van der Waals surface area contributed by atoms with Crippen LogP contribution in [0.25, 0.3) is 0 Å². The van der Waals surface area contributed by atoms with Crippen molar-refractivity contribution in [2.45, 2.75) is 26.2 Å². The summed E-state index contributed by atoms with van der Waals surface area (Å²) in [5, 5.41) is 11.3.